The Morgan fingerprint density at radius 2 is 1.80 bits per heavy atom. The number of rotatable bonds is 9. The molecule has 30 heavy (non-hydrogen) atoms. The van der Waals surface area contributed by atoms with E-state index in [4.69, 9.17) is 9.47 Å². The molecule has 0 saturated carbocycles. The monoisotopic (exact) mass is 468 g/mol. The summed E-state index contributed by atoms with van der Waals surface area (Å²) in [6, 6.07) is 10.5. The lowest BCUT2D eigenvalue weighted by Crippen LogP contribution is -2.32. The van der Waals surface area contributed by atoms with E-state index in [1.807, 2.05) is 0 Å². The Hall–Kier alpha value is -2.47. The van der Waals surface area contributed by atoms with Crippen LogP contribution in [0.15, 0.2) is 69.3 Å². The predicted octanol–water partition coefficient (Wildman–Crippen LogP) is 2.65. The SMILES string of the molecule is COc1ccc(S(=O)(=O)NCC(c2cccnc2)S(=O)(=O)c2cccs2)cc1OC. The number of hydrogen-bond acceptors (Lipinski definition) is 8. The van der Waals surface area contributed by atoms with Crippen LogP contribution in [0.3, 0.4) is 0 Å². The average Bonchev–Trinajstić information content (AvgIpc) is 3.30. The summed E-state index contributed by atoms with van der Waals surface area (Å²) in [4.78, 5) is 3.91. The van der Waals surface area contributed by atoms with E-state index in [2.05, 4.69) is 9.71 Å². The van der Waals surface area contributed by atoms with Gasteiger partial charge in [0.1, 0.15) is 9.46 Å². The highest BCUT2D eigenvalue weighted by atomic mass is 32.2. The number of sulfonamides is 1. The van der Waals surface area contributed by atoms with E-state index in [0.717, 1.165) is 11.3 Å². The van der Waals surface area contributed by atoms with Crippen molar-refractivity contribution in [3.05, 3.63) is 65.8 Å². The number of nitrogens with one attached hydrogen (secondary N) is 1. The van der Waals surface area contributed by atoms with Crippen LogP contribution in [-0.2, 0) is 19.9 Å². The normalized spacial score (nSPS) is 13.0. The summed E-state index contributed by atoms with van der Waals surface area (Å²) in [5, 5.41) is 0.515. The smallest absolute Gasteiger partial charge is 0.240 e. The second-order valence-electron chi connectivity index (χ2n) is 6.12. The Labute approximate surface area is 179 Å². The Bertz CT molecular complexity index is 1190. The van der Waals surface area contributed by atoms with Crippen molar-refractivity contribution in [2.24, 2.45) is 0 Å². The van der Waals surface area contributed by atoms with E-state index in [0.29, 0.717) is 11.3 Å². The van der Waals surface area contributed by atoms with Gasteiger partial charge in [0.15, 0.2) is 21.3 Å². The fraction of sp³-hybridized carbons (Fsp3) is 0.211. The van der Waals surface area contributed by atoms with Gasteiger partial charge in [0.25, 0.3) is 0 Å². The van der Waals surface area contributed by atoms with Gasteiger partial charge in [-0.15, -0.1) is 11.3 Å². The number of thiophene rings is 1. The molecular formula is C19H20N2O6S3. The summed E-state index contributed by atoms with van der Waals surface area (Å²) in [7, 11) is -5.01. The second kappa shape index (κ2) is 9.13. The van der Waals surface area contributed by atoms with E-state index in [-0.39, 0.29) is 21.4 Å². The molecule has 3 aromatic rings. The number of methoxy groups -OCH3 is 2. The molecule has 0 aliphatic carbocycles. The maximum absolute atomic E-state index is 13.1. The van der Waals surface area contributed by atoms with Crippen molar-refractivity contribution in [3.8, 4) is 11.5 Å². The molecule has 1 atom stereocenters. The van der Waals surface area contributed by atoms with Crippen LogP contribution >= 0.6 is 11.3 Å². The summed E-state index contributed by atoms with van der Waals surface area (Å²) >= 11 is 1.08. The second-order valence-corrected chi connectivity index (χ2v) is 11.2. The first-order valence-electron chi connectivity index (χ1n) is 8.68. The minimum Gasteiger partial charge on any atom is -0.493 e. The number of pyridine rings is 1. The first-order valence-corrected chi connectivity index (χ1v) is 12.6. The molecule has 11 heteroatoms. The zero-order valence-corrected chi connectivity index (χ0v) is 18.6. The maximum atomic E-state index is 13.1. The van der Waals surface area contributed by atoms with Crippen LogP contribution in [0.5, 0.6) is 11.5 Å². The standard InChI is InChI=1S/C19H20N2O6S3/c1-26-16-8-7-15(11-17(16)27-2)30(24,25)21-13-18(14-5-3-9-20-12-14)29(22,23)19-6-4-10-28-19/h3-12,18,21H,13H2,1-2H3. The van der Waals surface area contributed by atoms with Crippen LogP contribution in [0.25, 0.3) is 0 Å². The molecule has 0 saturated heterocycles. The van der Waals surface area contributed by atoms with Gasteiger partial charge in [-0.3, -0.25) is 4.98 Å². The largest absolute Gasteiger partial charge is 0.493 e. The van der Waals surface area contributed by atoms with E-state index < -0.39 is 25.1 Å². The van der Waals surface area contributed by atoms with Gasteiger partial charge in [-0.2, -0.15) is 0 Å². The lowest BCUT2D eigenvalue weighted by atomic mass is 10.2. The Balaban J connectivity index is 1.93. The number of ether oxygens (including phenoxy) is 2. The minimum atomic E-state index is -4.02. The van der Waals surface area contributed by atoms with Crippen LogP contribution in [0.4, 0.5) is 0 Å². The van der Waals surface area contributed by atoms with Gasteiger partial charge in [0.2, 0.25) is 10.0 Å². The highest BCUT2D eigenvalue weighted by molar-refractivity contribution is 7.93. The molecule has 0 aliphatic rings. The molecule has 0 spiro atoms. The molecule has 1 unspecified atom stereocenters. The van der Waals surface area contributed by atoms with Gasteiger partial charge in [0.05, 0.1) is 19.1 Å². The quantitative estimate of drug-likeness (QED) is 0.514. The highest BCUT2D eigenvalue weighted by Crippen LogP contribution is 2.32. The first-order chi connectivity index (χ1) is 14.3. The van der Waals surface area contributed by atoms with Gasteiger partial charge < -0.3 is 9.47 Å². The van der Waals surface area contributed by atoms with Crippen molar-refractivity contribution < 1.29 is 26.3 Å². The molecule has 0 aliphatic heterocycles. The third kappa shape index (κ3) is 4.64. The lowest BCUT2D eigenvalue weighted by molar-refractivity contribution is 0.354. The molecule has 0 bridgehead atoms. The van der Waals surface area contributed by atoms with Crippen LogP contribution in [-0.4, -0.2) is 42.6 Å². The Morgan fingerprint density at radius 3 is 2.40 bits per heavy atom. The predicted molar refractivity (Wildman–Crippen MR) is 113 cm³/mol. The summed E-state index contributed by atoms with van der Waals surface area (Å²) in [5.74, 6) is 0.625. The molecule has 2 aromatic heterocycles. The highest BCUT2D eigenvalue weighted by Gasteiger charge is 2.32. The molecule has 0 amide bonds. The summed E-state index contributed by atoms with van der Waals surface area (Å²) < 4.78 is 64.8. The van der Waals surface area contributed by atoms with Crippen molar-refractivity contribution in [1.82, 2.24) is 9.71 Å². The summed E-state index contributed by atoms with van der Waals surface area (Å²) in [6.07, 6.45) is 2.94. The summed E-state index contributed by atoms with van der Waals surface area (Å²) in [5.41, 5.74) is 0.390. The van der Waals surface area contributed by atoms with Gasteiger partial charge in [-0.25, -0.2) is 21.6 Å². The topological polar surface area (TPSA) is 112 Å². The minimum absolute atomic E-state index is 0.0707. The fourth-order valence-electron chi connectivity index (χ4n) is 2.79. The molecule has 0 radical (unpaired) electrons. The van der Waals surface area contributed by atoms with Crippen molar-refractivity contribution in [1.29, 1.82) is 0 Å². The van der Waals surface area contributed by atoms with Crippen molar-refractivity contribution in [2.45, 2.75) is 14.4 Å². The molecule has 8 nitrogen and oxygen atoms in total. The summed E-state index contributed by atoms with van der Waals surface area (Å²) in [6.45, 7) is -0.359. The van der Waals surface area contributed by atoms with Gasteiger partial charge in [-0.05, 0) is 35.2 Å². The van der Waals surface area contributed by atoms with Crippen LogP contribution in [0.2, 0.25) is 0 Å². The van der Waals surface area contributed by atoms with E-state index >= 15 is 0 Å². The van der Waals surface area contributed by atoms with Crippen LogP contribution in [0, 0.1) is 0 Å². The molecular weight excluding hydrogens is 448 g/mol. The van der Waals surface area contributed by atoms with Crippen LogP contribution in [0.1, 0.15) is 10.8 Å². The van der Waals surface area contributed by atoms with Crippen LogP contribution < -0.4 is 14.2 Å². The zero-order valence-electron chi connectivity index (χ0n) is 16.2. The maximum Gasteiger partial charge on any atom is 0.240 e. The van der Waals surface area contributed by atoms with Crippen molar-refractivity contribution in [3.63, 3.8) is 0 Å². The fourth-order valence-corrected chi connectivity index (χ4v) is 6.81. The molecule has 160 valence electrons. The number of benzene rings is 1. The molecule has 1 aromatic carbocycles. The van der Waals surface area contributed by atoms with E-state index in [1.54, 1.807) is 23.6 Å². The molecule has 3 rings (SSSR count). The third-order valence-corrected chi connectivity index (χ3v) is 9.28. The molecule has 1 N–H and O–H groups in total. The molecule has 0 fully saturated rings. The number of aromatic nitrogens is 1. The van der Waals surface area contributed by atoms with Gasteiger partial charge >= 0.3 is 0 Å². The lowest BCUT2D eigenvalue weighted by Gasteiger charge is -2.18. The third-order valence-electron chi connectivity index (χ3n) is 4.33. The van der Waals surface area contributed by atoms with Crippen molar-refractivity contribution >= 4 is 31.2 Å². The average molecular weight is 469 g/mol. The molecule has 2 heterocycles. The van der Waals surface area contributed by atoms with E-state index in [9.17, 15) is 16.8 Å². The zero-order chi connectivity index (χ0) is 21.8. The van der Waals surface area contributed by atoms with Gasteiger partial charge in [-0.1, -0.05) is 12.1 Å². The first kappa shape index (κ1) is 22.2. The number of hydrogen-bond donors (Lipinski definition) is 1. The van der Waals surface area contributed by atoms with Crippen molar-refractivity contribution in [2.75, 3.05) is 20.8 Å². The number of sulfone groups is 1. The Morgan fingerprint density at radius 1 is 1.03 bits per heavy atom. The Kier molecular flexibility index (Phi) is 6.76. The van der Waals surface area contributed by atoms with Gasteiger partial charge in [0, 0.05) is 25.0 Å². The number of nitrogens with zero attached hydrogens (tertiary/aromatic N) is 1. The van der Waals surface area contributed by atoms with E-state index in [1.165, 1.54) is 50.9 Å².